The SMILES string of the molecule is COc1ccc(F)cc1[C@H](CN1C(=O)N(C(C)(C)C(=O)O[Si](c2ccccc2)(c2ccccc2)C(C)(C)C)S(=O)(=O)c2c1sc(-c1ncco1)c2C)OC1CCOCC1. The highest BCUT2D eigenvalue weighted by Gasteiger charge is 2.59. The predicted octanol–water partition coefficient (Wildman–Crippen LogP) is 7.61. The summed E-state index contributed by atoms with van der Waals surface area (Å²) in [6, 6.07) is 21.9. The van der Waals surface area contributed by atoms with Gasteiger partial charge in [0.1, 0.15) is 33.8 Å². The number of amides is 2. The Labute approximate surface area is 349 Å². The van der Waals surface area contributed by atoms with Crippen LogP contribution >= 0.6 is 11.3 Å². The van der Waals surface area contributed by atoms with E-state index in [1.807, 2.05) is 81.4 Å². The normalized spacial score (nSPS) is 16.8. The summed E-state index contributed by atoms with van der Waals surface area (Å²) in [5.41, 5.74) is -1.51. The number of carbonyl (C=O) groups is 2. The number of hydrogen-bond donors (Lipinski definition) is 0. The van der Waals surface area contributed by atoms with E-state index < -0.39 is 52.8 Å². The molecule has 16 heteroatoms. The highest BCUT2D eigenvalue weighted by Crippen LogP contribution is 2.50. The molecule has 2 amide bonds. The van der Waals surface area contributed by atoms with Gasteiger partial charge in [-0.05, 0) is 72.8 Å². The number of hydrogen-bond acceptors (Lipinski definition) is 11. The van der Waals surface area contributed by atoms with Crippen LogP contribution in [0.4, 0.5) is 14.2 Å². The van der Waals surface area contributed by atoms with Crippen LogP contribution in [0.25, 0.3) is 10.8 Å². The number of methoxy groups -OCH3 is 1. The smallest absolute Gasteiger partial charge is 0.340 e. The Morgan fingerprint density at radius 3 is 2.19 bits per heavy atom. The van der Waals surface area contributed by atoms with E-state index in [1.165, 1.54) is 56.5 Å². The summed E-state index contributed by atoms with van der Waals surface area (Å²) in [6.07, 6.45) is 2.56. The first-order valence-corrected chi connectivity index (χ1v) is 23.5. The fourth-order valence-electron chi connectivity index (χ4n) is 7.97. The van der Waals surface area contributed by atoms with Gasteiger partial charge in [0.25, 0.3) is 10.0 Å². The number of anilines is 1. The van der Waals surface area contributed by atoms with Crippen molar-refractivity contribution in [3.05, 3.63) is 108 Å². The summed E-state index contributed by atoms with van der Waals surface area (Å²) in [5, 5.41) is 1.00. The lowest BCUT2D eigenvalue weighted by Crippen LogP contribution is -2.70. The largest absolute Gasteiger partial charge is 0.508 e. The minimum Gasteiger partial charge on any atom is -0.508 e. The van der Waals surface area contributed by atoms with E-state index in [4.69, 9.17) is 23.1 Å². The monoisotopic (exact) mass is 861 g/mol. The van der Waals surface area contributed by atoms with Crippen molar-refractivity contribution in [3.8, 4) is 16.5 Å². The van der Waals surface area contributed by atoms with E-state index in [-0.39, 0.29) is 34.0 Å². The molecule has 4 heterocycles. The molecule has 12 nitrogen and oxygen atoms in total. The van der Waals surface area contributed by atoms with Crippen LogP contribution in [0.5, 0.6) is 5.75 Å². The fourth-order valence-corrected chi connectivity index (χ4v) is 16.1. The summed E-state index contributed by atoms with van der Waals surface area (Å²) >= 11 is 1.01. The topological polar surface area (TPSA) is 138 Å². The van der Waals surface area contributed by atoms with Gasteiger partial charge < -0.3 is 23.1 Å². The second-order valence-corrected chi connectivity index (χ2v) is 23.1. The molecule has 0 N–H and O–H groups in total. The molecule has 2 aliphatic rings. The third-order valence-corrected chi connectivity index (χ3v) is 19.4. The van der Waals surface area contributed by atoms with Crippen molar-refractivity contribution in [3.63, 3.8) is 0 Å². The van der Waals surface area contributed by atoms with Gasteiger partial charge in [0.15, 0.2) is 5.54 Å². The molecule has 0 aliphatic carbocycles. The second kappa shape index (κ2) is 16.3. The van der Waals surface area contributed by atoms with Crippen molar-refractivity contribution in [2.45, 2.75) is 82.1 Å². The maximum atomic E-state index is 15.3. The zero-order valence-electron chi connectivity index (χ0n) is 34.1. The third-order valence-electron chi connectivity index (χ3n) is 10.9. The number of aromatic nitrogens is 1. The summed E-state index contributed by atoms with van der Waals surface area (Å²) in [4.78, 5) is 36.2. The number of ether oxygens (including phenoxy) is 3. The van der Waals surface area contributed by atoms with Gasteiger partial charge in [0, 0.05) is 18.8 Å². The number of sulfonamides is 1. The van der Waals surface area contributed by atoms with Crippen molar-refractivity contribution >= 4 is 57.1 Å². The van der Waals surface area contributed by atoms with Crippen LogP contribution in [0, 0.1) is 12.7 Å². The van der Waals surface area contributed by atoms with Crippen molar-refractivity contribution in [1.29, 1.82) is 0 Å². The number of urea groups is 1. The molecule has 312 valence electrons. The molecule has 0 radical (unpaired) electrons. The minimum absolute atomic E-state index is 0.0732. The van der Waals surface area contributed by atoms with Gasteiger partial charge >= 0.3 is 20.3 Å². The minimum atomic E-state index is -4.78. The highest BCUT2D eigenvalue weighted by atomic mass is 32.2. The first-order valence-electron chi connectivity index (χ1n) is 19.3. The molecule has 0 bridgehead atoms. The van der Waals surface area contributed by atoms with Gasteiger partial charge in [0.05, 0.1) is 30.8 Å². The Bertz CT molecular complexity index is 2380. The standard InChI is InChI=1S/C43H48FN3O9S2Si/c1-28-36(38-45-22-25-54-38)57-39-37(28)58(50,51)47(41(49)46(39)27-35(55-30-20-23-53-24-21-30)33-26-29(44)18-19-34(33)52-7)43(5,6)40(48)56-59(42(2,3)4,31-14-10-8-11-15-31)32-16-12-9-13-17-32/h8-19,22,25-26,30,35H,20-21,23-24,27H2,1-7H3/t35-/m0/s1. The zero-order valence-corrected chi connectivity index (χ0v) is 36.7. The van der Waals surface area contributed by atoms with Gasteiger partial charge in [-0.3, -0.25) is 9.69 Å². The van der Waals surface area contributed by atoms with Crippen molar-refractivity contribution in [2.75, 3.05) is 31.8 Å². The number of fused-ring (bicyclic) bond motifs is 1. The Morgan fingerprint density at radius 1 is 1.00 bits per heavy atom. The number of thiophene rings is 1. The number of carbonyl (C=O) groups excluding carboxylic acids is 2. The number of nitrogens with zero attached hydrogens (tertiary/aromatic N) is 3. The highest BCUT2D eigenvalue weighted by molar-refractivity contribution is 7.90. The molecule has 1 atom stereocenters. The molecule has 0 unspecified atom stereocenters. The van der Waals surface area contributed by atoms with Crippen LogP contribution in [0.15, 0.2) is 101 Å². The number of rotatable bonds is 12. The molecule has 7 rings (SSSR count). The van der Waals surface area contributed by atoms with Crippen molar-refractivity contribution < 1.29 is 45.5 Å². The Hall–Kier alpha value is -4.87. The number of benzene rings is 3. The van der Waals surface area contributed by atoms with Crippen LogP contribution in [0.3, 0.4) is 0 Å². The van der Waals surface area contributed by atoms with E-state index in [0.29, 0.717) is 46.6 Å². The van der Waals surface area contributed by atoms with E-state index in [9.17, 15) is 0 Å². The predicted molar refractivity (Wildman–Crippen MR) is 225 cm³/mol. The van der Waals surface area contributed by atoms with Crippen LogP contribution in [-0.4, -0.2) is 76.5 Å². The Kier molecular flexibility index (Phi) is 11.7. The average Bonchev–Trinajstić information content (AvgIpc) is 3.87. The maximum Gasteiger partial charge on any atom is 0.340 e. The third kappa shape index (κ3) is 7.61. The summed E-state index contributed by atoms with van der Waals surface area (Å²) < 4.78 is 76.4. The molecule has 2 aliphatic heterocycles. The quantitative estimate of drug-likeness (QED) is 0.115. The Balaban J connectivity index is 1.38. The van der Waals surface area contributed by atoms with Crippen LogP contribution in [0.2, 0.25) is 5.04 Å². The van der Waals surface area contributed by atoms with Crippen molar-refractivity contribution in [1.82, 2.24) is 9.29 Å². The van der Waals surface area contributed by atoms with E-state index in [2.05, 4.69) is 4.98 Å². The molecule has 1 saturated heterocycles. The van der Waals surface area contributed by atoms with E-state index in [1.54, 1.807) is 6.92 Å². The van der Waals surface area contributed by atoms with Gasteiger partial charge in [-0.1, -0.05) is 81.4 Å². The zero-order chi connectivity index (χ0) is 42.3. The first kappa shape index (κ1) is 42.3. The van der Waals surface area contributed by atoms with Crippen LogP contribution in [0.1, 0.15) is 64.7 Å². The average molecular weight is 862 g/mol. The van der Waals surface area contributed by atoms with E-state index in [0.717, 1.165) is 21.7 Å². The van der Waals surface area contributed by atoms with Crippen LogP contribution in [-0.2, 0) is 28.7 Å². The molecule has 5 aromatic rings. The van der Waals surface area contributed by atoms with Gasteiger partial charge in [-0.25, -0.2) is 22.6 Å². The molecule has 0 saturated carbocycles. The lowest BCUT2D eigenvalue weighted by molar-refractivity contribution is -0.143. The summed E-state index contributed by atoms with van der Waals surface area (Å²) in [5.74, 6) is -0.991. The lowest BCUT2D eigenvalue weighted by atomic mass is 10.0. The van der Waals surface area contributed by atoms with Gasteiger partial charge in [-0.15, -0.1) is 11.3 Å². The molecular weight excluding hydrogens is 814 g/mol. The molecule has 2 aromatic heterocycles. The molecule has 3 aromatic carbocycles. The molecule has 1 fully saturated rings. The maximum absolute atomic E-state index is 15.3. The molecule has 0 spiro atoms. The number of halogens is 1. The van der Waals surface area contributed by atoms with E-state index >= 15 is 22.4 Å². The molecular formula is C43H48FN3O9S2Si. The second-order valence-electron chi connectivity index (χ2n) is 16.1. The van der Waals surface area contributed by atoms with Crippen molar-refractivity contribution in [2.24, 2.45) is 0 Å². The lowest BCUT2D eigenvalue weighted by Gasteiger charge is -2.46. The van der Waals surface area contributed by atoms with Crippen LogP contribution < -0.4 is 20.0 Å². The fraction of sp³-hybridized carbons (Fsp3) is 0.372. The summed E-state index contributed by atoms with van der Waals surface area (Å²) in [6.45, 7) is 11.0. The van der Waals surface area contributed by atoms with Gasteiger partial charge in [0.2, 0.25) is 5.89 Å². The van der Waals surface area contributed by atoms with Gasteiger partial charge in [-0.2, -0.15) is 4.31 Å². The molecule has 59 heavy (non-hydrogen) atoms. The number of oxazole rings is 1. The first-order chi connectivity index (χ1) is 28.0. The Morgan fingerprint density at radius 2 is 1.63 bits per heavy atom. The summed E-state index contributed by atoms with van der Waals surface area (Å²) in [7, 11) is -6.92.